The molecule has 1 aliphatic carbocycles. The second-order valence-electron chi connectivity index (χ2n) is 5.89. The SMILES string of the molecule is COc1cc(CCCOC(C)=O)cc2cc(C3=CCCC3)oc12. The van der Waals surface area contributed by atoms with E-state index in [1.54, 1.807) is 7.11 Å². The first-order valence-electron chi connectivity index (χ1n) is 8.10. The van der Waals surface area contributed by atoms with E-state index in [1.807, 2.05) is 6.07 Å². The summed E-state index contributed by atoms with van der Waals surface area (Å²) in [4.78, 5) is 10.8. The number of carbonyl (C=O) groups is 1. The van der Waals surface area contributed by atoms with Crippen LogP contribution in [0, 0.1) is 0 Å². The lowest BCUT2D eigenvalue weighted by molar-refractivity contribution is -0.141. The number of rotatable bonds is 6. The average Bonchev–Trinajstić information content (AvgIpc) is 3.19. The second-order valence-corrected chi connectivity index (χ2v) is 5.89. The molecule has 1 aromatic carbocycles. The number of benzene rings is 1. The third-order valence-corrected chi connectivity index (χ3v) is 4.13. The maximum atomic E-state index is 10.8. The minimum Gasteiger partial charge on any atom is -0.493 e. The molecule has 0 N–H and O–H groups in total. The number of ether oxygens (including phenoxy) is 2. The lowest BCUT2D eigenvalue weighted by Gasteiger charge is -2.06. The predicted octanol–water partition coefficient (Wildman–Crippen LogP) is 4.50. The number of fused-ring (bicyclic) bond motifs is 1. The largest absolute Gasteiger partial charge is 0.493 e. The van der Waals surface area contributed by atoms with Gasteiger partial charge >= 0.3 is 5.97 Å². The van der Waals surface area contributed by atoms with Gasteiger partial charge in [0.1, 0.15) is 5.76 Å². The lowest BCUT2D eigenvalue weighted by Crippen LogP contribution is -2.01. The molecule has 4 heteroatoms. The summed E-state index contributed by atoms with van der Waals surface area (Å²) in [6.45, 7) is 1.87. The summed E-state index contributed by atoms with van der Waals surface area (Å²) in [5.41, 5.74) is 3.26. The predicted molar refractivity (Wildman–Crippen MR) is 89.5 cm³/mol. The number of hydrogen-bond acceptors (Lipinski definition) is 4. The Bertz CT molecular complexity index is 739. The van der Waals surface area contributed by atoms with Gasteiger partial charge in [-0.25, -0.2) is 0 Å². The molecule has 0 atom stereocenters. The van der Waals surface area contributed by atoms with Gasteiger partial charge in [-0.3, -0.25) is 4.79 Å². The Morgan fingerprint density at radius 1 is 1.30 bits per heavy atom. The molecule has 0 spiro atoms. The van der Waals surface area contributed by atoms with Gasteiger partial charge in [-0.05, 0) is 61.4 Å². The molecular formula is C19H22O4. The highest BCUT2D eigenvalue weighted by molar-refractivity contribution is 5.87. The van der Waals surface area contributed by atoms with Crippen LogP contribution in [0.25, 0.3) is 16.5 Å². The van der Waals surface area contributed by atoms with E-state index in [9.17, 15) is 4.79 Å². The molecular weight excluding hydrogens is 292 g/mol. The highest BCUT2D eigenvalue weighted by Gasteiger charge is 2.15. The maximum Gasteiger partial charge on any atom is 0.302 e. The quantitative estimate of drug-likeness (QED) is 0.581. The number of hydrogen-bond donors (Lipinski definition) is 0. The van der Waals surface area contributed by atoms with Gasteiger partial charge in [0.2, 0.25) is 0 Å². The Kier molecular flexibility index (Phi) is 4.70. The van der Waals surface area contributed by atoms with Gasteiger partial charge < -0.3 is 13.9 Å². The standard InChI is InChI=1S/C19H22O4/c1-13(20)22-9-5-6-14-10-16-12-17(15-7-3-4-8-15)23-19(16)18(11-14)21-2/h7,10-12H,3-6,8-9H2,1-2H3. The molecule has 0 unspecified atom stereocenters. The van der Waals surface area contributed by atoms with Crippen LogP contribution in [0.1, 0.15) is 43.9 Å². The van der Waals surface area contributed by atoms with Crippen molar-refractivity contribution < 1.29 is 18.7 Å². The lowest BCUT2D eigenvalue weighted by atomic mass is 10.1. The third-order valence-electron chi connectivity index (χ3n) is 4.13. The van der Waals surface area contributed by atoms with Crippen LogP contribution in [-0.2, 0) is 16.0 Å². The molecule has 0 radical (unpaired) electrons. The van der Waals surface area contributed by atoms with E-state index >= 15 is 0 Å². The zero-order valence-electron chi connectivity index (χ0n) is 13.7. The molecule has 0 aliphatic heterocycles. The van der Waals surface area contributed by atoms with Gasteiger partial charge in [0.05, 0.1) is 13.7 Å². The molecule has 1 aliphatic rings. The average molecular weight is 314 g/mol. The van der Waals surface area contributed by atoms with E-state index in [-0.39, 0.29) is 5.97 Å². The minimum absolute atomic E-state index is 0.234. The summed E-state index contributed by atoms with van der Waals surface area (Å²) in [5, 5.41) is 1.06. The van der Waals surface area contributed by atoms with Gasteiger partial charge in [-0.1, -0.05) is 6.08 Å². The molecule has 4 nitrogen and oxygen atoms in total. The van der Waals surface area contributed by atoms with Crippen molar-refractivity contribution in [3.63, 3.8) is 0 Å². The Labute approximate surface area is 136 Å². The number of aryl methyl sites for hydroxylation is 1. The summed E-state index contributed by atoms with van der Waals surface area (Å²) < 4.78 is 16.5. The van der Waals surface area contributed by atoms with Crippen LogP contribution in [-0.4, -0.2) is 19.7 Å². The van der Waals surface area contributed by atoms with Crippen LogP contribution >= 0.6 is 0 Å². The van der Waals surface area contributed by atoms with Gasteiger partial charge in [0.15, 0.2) is 11.3 Å². The summed E-state index contributed by atoms with van der Waals surface area (Å²) >= 11 is 0. The minimum atomic E-state index is -0.234. The van der Waals surface area contributed by atoms with E-state index in [2.05, 4.69) is 18.2 Å². The Hall–Kier alpha value is -2.23. The van der Waals surface area contributed by atoms with Crippen molar-refractivity contribution in [1.82, 2.24) is 0 Å². The summed E-state index contributed by atoms with van der Waals surface area (Å²) in [6.07, 6.45) is 7.30. The van der Waals surface area contributed by atoms with Crippen LogP contribution in [0.4, 0.5) is 0 Å². The van der Waals surface area contributed by atoms with Gasteiger partial charge in [0.25, 0.3) is 0 Å². The summed E-state index contributed by atoms with van der Waals surface area (Å²) in [5.74, 6) is 1.48. The van der Waals surface area contributed by atoms with Crippen LogP contribution in [0.2, 0.25) is 0 Å². The Balaban J connectivity index is 1.81. The first-order valence-corrected chi connectivity index (χ1v) is 8.10. The Morgan fingerprint density at radius 3 is 2.87 bits per heavy atom. The fourth-order valence-corrected chi connectivity index (χ4v) is 3.02. The number of furan rings is 1. The monoisotopic (exact) mass is 314 g/mol. The molecule has 2 aromatic rings. The van der Waals surface area contributed by atoms with Crippen molar-refractivity contribution in [2.75, 3.05) is 13.7 Å². The number of carbonyl (C=O) groups excluding carboxylic acids is 1. The van der Waals surface area contributed by atoms with Crippen molar-refractivity contribution in [3.05, 3.63) is 35.6 Å². The van der Waals surface area contributed by atoms with Crippen molar-refractivity contribution in [2.24, 2.45) is 0 Å². The van der Waals surface area contributed by atoms with Crippen LogP contribution in [0.5, 0.6) is 5.75 Å². The van der Waals surface area contributed by atoms with Crippen molar-refractivity contribution in [1.29, 1.82) is 0 Å². The summed E-state index contributed by atoms with van der Waals surface area (Å²) in [7, 11) is 1.66. The molecule has 3 rings (SSSR count). The molecule has 1 heterocycles. The summed E-state index contributed by atoms with van der Waals surface area (Å²) in [6, 6.07) is 6.24. The van der Waals surface area contributed by atoms with Crippen molar-refractivity contribution >= 4 is 22.5 Å². The first kappa shape index (κ1) is 15.7. The fraction of sp³-hybridized carbons (Fsp3) is 0.421. The highest BCUT2D eigenvalue weighted by atomic mass is 16.5. The van der Waals surface area contributed by atoms with E-state index in [4.69, 9.17) is 13.9 Å². The van der Waals surface area contributed by atoms with Crippen molar-refractivity contribution in [3.8, 4) is 5.75 Å². The first-order chi connectivity index (χ1) is 11.2. The number of allylic oxidation sites excluding steroid dienone is 2. The van der Waals surface area contributed by atoms with Crippen LogP contribution in [0.15, 0.2) is 28.7 Å². The molecule has 0 amide bonds. The van der Waals surface area contributed by atoms with E-state index in [1.165, 1.54) is 18.9 Å². The zero-order valence-corrected chi connectivity index (χ0v) is 13.7. The van der Waals surface area contributed by atoms with Gasteiger partial charge in [-0.15, -0.1) is 0 Å². The third kappa shape index (κ3) is 3.58. The van der Waals surface area contributed by atoms with Crippen LogP contribution in [0.3, 0.4) is 0 Å². The molecule has 122 valence electrons. The number of esters is 1. The van der Waals surface area contributed by atoms with E-state index in [0.717, 1.165) is 53.7 Å². The Morgan fingerprint density at radius 2 is 2.17 bits per heavy atom. The van der Waals surface area contributed by atoms with Crippen LogP contribution < -0.4 is 4.74 Å². The van der Waals surface area contributed by atoms with Gasteiger partial charge in [-0.2, -0.15) is 0 Å². The van der Waals surface area contributed by atoms with Gasteiger partial charge in [0, 0.05) is 12.3 Å². The van der Waals surface area contributed by atoms with Crippen molar-refractivity contribution in [2.45, 2.75) is 39.0 Å². The molecule has 0 saturated heterocycles. The molecule has 23 heavy (non-hydrogen) atoms. The molecule has 1 aromatic heterocycles. The highest BCUT2D eigenvalue weighted by Crippen LogP contribution is 2.36. The molecule has 0 fully saturated rings. The topological polar surface area (TPSA) is 48.7 Å². The van der Waals surface area contributed by atoms with E-state index < -0.39 is 0 Å². The fourth-order valence-electron chi connectivity index (χ4n) is 3.02. The second kappa shape index (κ2) is 6.90. The zero-order chi connectivity index (χ0) is 16.2. The molecule has 0 saturated carbocycles. The molecule has 0 bridgehead atoms. The van der Waals surface area contributed by atoms with E-state index in [0.29, 0.717) is 6.61 Å². The maximum absolute atomic E-state index is 10.8. The smallest absolute Gasteiger partial charge is 0.302 e. The number of methoxy groups -OCH3 is 1. The normalized spacial score (nSPS) is 14.1.